The molecule has 0 radical (unpaired) electrons. The molecule has 1 N–H and O–H groups in total. The second-order valence-corrected chi connectivity index (χ2v) is 4.29. The Morgan fingerprint density at radius 2 is 2.00 bits per heavy atom. The Morgan fingerprint density at radius 3 is 2.18 bits per heavy atom. The summed E-state index contributed by atoms with van der Waals surface area (Å²) in [5, 5.41) is 9.54. The van der Waals surface area contributed by atoms with Gasteiger partial charge in [0.2, 0.25) is 0 Å². The van der Waals surface area contributed by atoms with Crippen molar-refractivity contribution in [2.24, 2.45) is 0 Å². The van der Waals surface area contributed by atoms with Crippen molar-refractivity contribution in [3.63, 3.8) is 0 Å². The number of rotatable bonds is 1. The largest absolute Gasteiger partial charge is 0.388 e. The van der Waals surface area contributed by atoms with Gasteiger partial charge in [0.15, 0.2) is 0 Å². The SMILES string of the molecule is CC1(C)CC(C(C)(C)O)OO1. The molecule has 3 nitrogen and oxygen atoms in total. The maximum atomic E-state index is 9.54. The molecule has 66 valence electrons. The van der Waals surface area contributed by atoms with Gasteiger partial charge in [-0.1, -0.05) is 0 Å². The van der Waals surface area contributed by atoms with Gasteiger partial charge in [0.05, 0.1) is 5.60 Å². The van der Waals surface area contributed by atoms with E-state index in [1.54, 1.807) is 13.8 Å². The average molecular weight is 160 g/mol. The summed E-state index contributed by atoms with van der Waals surface area (Å²) in [5.41, 5.74) is -1.07. The zero-order valence-corrected chi connectivity index (χ0v) is 7.55. The Morgan fingerprint density at radius 1 is 1.45 bits per heavy atom. The van der Waals surface area contributed by atoms with E-state index < -0.39 is 5.60 Å². The normalized spacial score (nSPS) is 30.8. The molecule has 0 aromatic rings. The van der Waals surface area contributed by atoms with E-state index in [0.29, 0.717) is 0 Å². The third-order valence-corrected chi connectivity index (χ3v) is 1.85. The molecular formula is C8H16O3. The first-order valence-corrected chi connectivity index (χ1v) is 3.88. The quantitative estimate of drug-likeness (QED) is 0.587. The molecular weight excluding hydrogens is 144 g/mol. The van der Waals surface area contributed by atoms with E-state index in [-0.39, 0.29) is 11.7 Å². The highest BCUT2D eigenvalue weighted by Gasteiger charge is 2.41. The van der Waals surface area contributed by atoms with Crippen molar-refractivity contribution in [3.05, 3.63) is 0 Å². The smallest absolute Gasteiger partial charge is 0.124 e. The zero-order valence-electron chi connectivity index (χ0n) is 7.55. The van der Waals surface area contributed by atoms with Crippen molar-refractivity contribution in [1.29, 1.82) is 0 Å². The van der Waals surface area contributed by atoms with Gasteiger partial charge >= 0.3 is 0 Å². The van der Waals surface area contributed by atoms with Gasteiger partial charge in [-0.25, -0.2) is 9.78 Å². The predicted molar refractivity (Wildman–Crippen MR) is 41.0 cm³/mol. The van der Waals surface area contributed by atoms with Gasteiger partial charge in [0, 0.05) is 6.42 Å². The molecule has 11 heavy (non-hydrogen) atoms. The first-order valence-electron chi connectivity index (χ1n) is 3.88. The highest BCUT2D eigenvalue weighted by Crippen LogP contribution is 2.32. The van der Waals surface area contributed by atoms with Crippen LogP contribution in [-0.4, -0.2) is 22.4 Å². The summed E-state index contributed by atoms with van der Waals surface area (Å²) >= 11 is 0. The monoisotopic (exact) mass is 160 g/mol. The van der Waals surface area contributed by atoms with Crippen LogP contribution in [0.5, 0.6) is 0 Å². The summed E-state index contributed by atoms with van der Waals surface area (Å²) < 4.78 is 0. The van der Waals surface area contributed by atoms with Gasteiger partial charge in [-0.2, -0.15) is 0 Å². The van der Waals surface area contributed by atoms with E-state index in [1.807, 2.05) is 13.8 Å². The summed E-state index contributed by atoms with van der Waals surface area (Å²) in [7, 11) is 0. The Labute approximate surface area is 67.2 Å². The van der Waals surface area contributed by atoms with E-state index in [0.717, 1.165) is 6.42 Å². The molecule has 1 aliphatic rings. The molecule has 0 aliphatic carbocycles. The zero-order chi connectivity index (χ0) is 8.70. The summed E-state index contributed by atoms with van der Waals surface area (Å²) in [5.74, 6) is 0. The molecule has 0 aromatic carbocycles. The van der Waals surface area contributed by atoms with Crippen LogP contribution < -0.4 is 0 Å². The first-order chi connectivity index (χ1) is 4.81. The summed E-state index contributed by atoms with van der Waals surface area (Å²) in [4.78, 5) is 10.0. The second-order valence-electron chi connectivity index (χ2n) is 4.29. The molecule has 0 saturated carbocycles. The van der Waals surface area contributed by atoms with Crippen LogP contribution in [0, 0.1) is 0 Å². The van der Waals surface area contributed by atoms with Crippen LogP contribution in [-0.2, 0) is 9.78 Å². The van der Waals surface area contributed by atoms with Crippen LogP contribution in [0.1, 0.15) is 34.1 Å². The Hall–Kier alpha value is -0.120. The van der Waals surface area contributed by atoms with Crippen molar-refractivity contribution in [2.75, 3.05) is 0 Å². The molecule has 0 bridgehead atoms. The van der Waals surface area contributed by atoms with Gasteiger partial charge in [-0.3, -0.25) is 0 Å². The molecule has 1 unspecified atom stereocenters. The average Bonchev–Trinajstić information content (AvgIpc) is 2.07. The van der Waals surface area contributed by atoms with Gasteiger partial charge in [0.1, 0.15) is 11.7 Å². The van der Waals surface area contributed by atoms with Crippen molar-refractivity contribution in [1.82, 2.24) is 0 Å². The van der Waals surface area contributed by atoms with Crippen molar-refractivity contribution >= 4 is 0 Å². The molecule has 1 fully saturated rings. The van der Waals surface area contributed by atoms with Gasteiger partial charge in [0.25, 0.3) is 0 Å². The highest BCUT2D eigenvalue weighted by atomic mass is 17.2. The minimum absolute atomic E-state index is 0.211. The van der Waals surface area contributed by atoms with Crippen LogP contribution >= 0.6 is 0 Å². The molecule has 1 aliphatic heterocycles. The number of hydrogen-bond acceptors (Lipinski definition) is 3. The lowest BCUT2D eigenvalue weighted by atomic mass is 9.92. The van der Waals surface area contributed by atoms with E-state index in [1.165, 1.54) is 0 Å². The third-order valence-electron chi connectivity index (χ3n) is 1.85. The van der Waals surface area contributed by atoms with Crippen LogP contribution in [0.2, 0.25) is 0 Å². The number of hydrogen-bond donors (Lipinski definition) is 1. The summed E-state index contributed by atoms with van der Waals surface area (Å²) in [6.07, 6.45) is 0.522. The molecule has 0 aromatic heterocycles. The van der Waals surface area contributed by atoms with Gasteiger partial charge in [-0.05, 0) is 27.7 Å². The first kappa shape index (κ1) is 8.97. The second kappa shape index (κ2) is 2.44. The van der Waals surface area contributed by atoms with Crippen molar-refractivity contribution in [3.8, 4) is 0 Å². The lowest BCUT2D eigenvalue weighted by Crippen LogP contribution is -2.36. The fraction of sp³-hybridized carbons (Fsp3) is 1.00. The maximum Gasteiger partial charge on any atom is 0.124 e. The molecule has 0 spiro atoms. The van der Waals surface area contributed by atoms with Crippen LogP contribution in [0.4, 0.5) is 0 Å². The molecule has 1 rings (SSSR count). The van der Waals surface area contributed by atoms with E-state index in [4.69, 9.17) is 9.78 Å². The molecule has 1 saturated heterocycles. The summed E-state index contributed by atoms with van der Waals surface area (Å²) in [6.45, 7) is 7.34. The minimum Gasteiger partial charge on any atom is -0.388 e. The molecule has 3 heteroatoms. The molecule has 1 heterocycles. The topological polar surface area (TPSA) is 38.7 Å². The third kappa shape index (κ3) is 2.15. The van der Waals surface area contributed by atoms with Crippen LogP contribution in [0.25, 0.3) is 0 Å². The molecule has 0 amide bonds. The van der Waals surface area contributed by atoms with E-state index in [2.05, 4.69) is 0 Å². The summed E-state index contributed by atoms with van der Waals surface area (Å²) in [6, 6.07) is 0. The fourth-order valence-electron chi connectivity index (χ4n) is 1.07. The van der Waals surface area contributed by atoms with Gasteiger partial charge < -0.3 is 5.11 Å². The Kier molecular flexibility index (Phi) is 1.99. The Balaban J connectivity index is 2.55. The van der Waals surface area contributed by atoms with Crippen molar-refractivity contribution < 1.29 is 14.9 Å². The lowest BCUT2D eigenvalue weighted by Gasteiger charge is -2.22. The maximum absolute atomic E-state index is 9.54. The van der Waals surface area contributed by atoms with E-state index >= 15 is 0 Å². The van der Waals surface area contributed by atoms with Crippen LogP contribution in [0.15, 0.2) is 0 Å². The van der Waals surface area contributed by atoms with Crippen LogP contribution in [0.3, 0.4) is 0 Å². The fourth-order valence-corrected chi connectivity index (χ4v) is 1.07. The van der Waals surface area contributed by atoms with Gasteiger partial charge in [-0.15, -0.1) is 0 Å². The predicted octanol–water partition coefficient (Wildman–Crippen LogP) is 1.26. The standard InChI is InChI=1S/C8H16O3/c1-7(2)5-6(10-11-7)8(3,4)9/h6,9H,5H2,1-4H3. The number of aliphatic hydroxyl groups is 1. The minimum atomic E-state index is -0.812. The van der Waals surface area contributed by atoms with Crippen molar-refractivity contribution in [2.45, 2.75) is 51.4 Å². The lowest BCUT2D eigenvalue weighted by molar-refractivity contribution is -0.334. The van der Waals surface area contributed by atoms with E-state index in [9.17, 15) is 5.11 Å². The highest BCUT2D eigenvalue weighted by molar-refractivity contribution is 4.86. The Bertz CT molecular complexity index is 146. The molecule has 1 atom stereocenters.